The number of hydrogen-bond acceptors (Lipinski definition) is 2. The summed E-state index contributed by atoms with van der Waals surface area (Å²) in [5.41, 5.74) is 7.09. The number of benzene rings is 1. The number of imidazole rings is 1. The van der Waals surface area contributed by atoms with Crippen LogP contribution in [0.25, 0.3) is 11.0 Å². The van der Waals surface area contributed by atoms with Gasteiger partial charge < -0.3 is 10.3 Å². The van der Waals surface area contributed by atoms with Crippen LogP contribution in [0.15, 0.2) is 22.7 Å². The van der Waals surface area contributed by atoms with E-state index >= 15 is 0 Å². The Morgan fingerprint density at radius 3 is 2.95 bits per heavy atom. The highest BCUT2D eigenvalue weighted by Gasteiger charge is 2.15. The molecular formula is C13H15BrClN3O. The van der Waals surface area contributed by atoms with Crippen LogP contribution in [-0.4, -0.2) is 15.5 Å². The second kappa shape index (κ2) is 5.92. The zero-order valence-corrected chi connectivity index (χ0v) is 12.9. The van der Waals surface area contributed by atoms with Crippen LogP contribution >= 0.6 is 27.5 Å². The zero-order valence-electron chi connectivity index (χ0n) is 10.6. The third-order valence-electron chi connectivity index (χ3n) is 2.90. The quantitative estimate of drug-likeness (QED) is 0.845. The normalized spacial score (nSPS) is 12.8. The first-order chi connectivity index (χ1) is 8.99. The third kappa shape index (κ3) is 3.28. The Labute approximate surface area is 125 Å². The van der Waals surface area contributed by atoms with Gasteiger partial charge >= 0.3 is 0 Å². The molecule has 0 aliphatic rings. The molecule has 1 aromatic carbocycles. The van der Waals surface area contributed by atoms with Crippen molar-refractivity contribution >= 4 is 44.5 Å². The number of halogens is 2. The van der Waals surface area contributed by atoms with Crippen LogP contribution in [-0.2, 0) is 11.3 Å². The molecule has 19 heavy (non-hydrogen) atoms. The third-order valence-corrected chi connectivity index (χ3v) is 3.59. The van der Waals surface area contributed by atoms with E-state index in [4.69, 9.17) is 17.3 Å². The SMILES string of the molecule is CC(Cl)c1nc2cc(Br)ccc2n1CCCC(N)=O. The lowest BCUT2D eigenvalue weighted by Crippen LogP contribution is -2.12. The van der Waals surface area contributed by atoms with E-state index in [1.807, 2.05) is 25.1 Å². The average molecular weight is 345 g/mol. The van der Waals surface area contributed by atoms with Gasteiger partial charge in [0.25, 0.3) is 0 Å². The molecule has 0 aliphatic heterocycles. The van der Waals surface area contributed by atoms with Gasteiger partial charge in [0.15, 0.2) is 0 Å². The van der Waals surface area contributed by atoms with Crippen molar-refractivity contribution in [3.63, 3.8) is 0 Å². The summed E-state index contributed by atoms with van der Waals surface area (Å²) in [5, 5.41) is -0.181. The zero-order chi connectivity index (χ0) is 14.0. The molecule has 0 bridgehead atoms. The predicted molar refractivity (Wildman–Crippen MR) is 80.1 cm³/mol. The van der Waals surface area contributed by atoms with Crippen LogP contribution in [0.5, 0.6) is 0 Å². The summed E-state index contributed by atoms with van der Waals surface area (Å²) in [5.74, 6) is 0.534. The first-order valence-electron chi connectivity index (χ1n) is 6.07. The lowest BCUT2D eigenvalue weighted by Gasteiger charge is -2.09. The van der Waals surface area contributed by atoms with Gasteiger partial charge in [-0.2, -0.15) is 0 Å². The molecule has 2 aromatic rings. The van der Waals surface area contributed by atoms with E-state index in [1.165, 1.54) is 0 Å². The Morgan fingerprint density at radius 2 is 2.32 bits per heavy atom. The molecule has 2 N–H and O–H groups in total. The predicted octanol–water partition coefficient (Wildman–Crippen LogP) is 3.36. The van der Waals surface area contributed by atoms with Gasteiger partial charge in [-0.15, -0.1) is 11.6 Å². The van der Waals surface area contributed by atoms with Crippen LogP contribution in [0.3, 0.4) is 0 Å². The highest BCUT2D eigenvalue weighted by atomic mass is 79.9. The number of nitrogens with zero attached hydrogens (tertiary/aromatic N) is 2. The minimum atomic E-state index is -0.285. The largest absolute Gasteiger partial charge is 0.370 e. The molecule has 1 unspecified atom stereocenters. The van der Waals surface area contributed by atoms with Gasteiger partial charge in [0.2, 0.25) is 5.91 Å². The van der Waals surface area contributed by atoms with Gasteiger partial charge in [-0.1, -0.05) is 15.9 Å². The van der Waals surface area contributed by atoms with Gasteiger partial charge in [0.05, 0.1) is 16.4 Å². The van der Waals surface area contributed by atoms with Crippen molar-refractivity contribution in [1.29, 1.82) is 0 Å². The van der Waals surface area contributed by atoms with Crippen LogP contribution in [0.4, 0.5) is 0 Å². The number of nitrogens with two attached hydrogens (primary N) is 1. The lowest BCUT2D eigenvalue weighted by atomic mass is 10.2. The second-order valence-corrected chi connectivity index (χ2v) is 6.01. The van der Waals surface area contributed by atoms with Crippen molar-refractivity contribution in [2.24, 2.45) is 5.73 Å². The van der Waals surface area contributed by atoms with Gasteiger partial charge in [-0.05, 0) is 31.5 Å². The molecule has 0 saturated heterocycles. The summed E-state index contributed by atoms with van der Waals surface area (Å²) in [6.07, 6.45) is 1.06. The highest BCUT2D eigenvalue weighted by molar-refractivity contribution is 9.10. The maximum Gasteiger partial charge on any atom is 0.217 e. The minimum absolute atomic E-state index is 0.181. The first kappa shape index (κ1) is 14.3. The summed E-state index contributed by atoms with van der Waals surface area (Å²) >= 11 is 9.61. The Bertz CT molecular complexity index is 609. The number of carbonyl (C=O) groups is 1. The molecule has 0 aliphatic carbocycles. The summed E-state index contributed by atoms with van der Waals surface area (Å²) in [4.78, 5) is 15.4. The number of aromatic nitrogens is 2. The van der Waals surface area contributed by atoms with Crippen molar-refractivity contribution in [2.75, 3.05) is 0 Å². The summed E-state index contributed by atoms with van der Waals surface area (Å²) < 4.78 is 3.04. The molecule has 4 nitrogen and oxygen atoms in total. The number of carbonyl (C=O) groups excluding carboxylic acids is 1. The van der Waals surface area contributed by atoms with Gasteiger partial charge in [-0.3, -0.25) is 4.79 Å². The second-order valence-electron chi connectivity index (χ2n) is 4.44. The fourth-order valence-corrected chi connectivity index (χ4v) is 2.59. The van der Waals surface area contributed by atoms with Gasteiger partial charge in [-0.25, -0.2) is 4.98 Å². The average Bonchev–Trinajstić information content (AvgIpc) is 2.67. The topological polar surface area (TPSA) is 60.9 Å². The van der Waals surface area contributed by atoms with E-state index in [9.17, 15) is 4.79 Å². The van der Waals surface area contributed by atoms with Crippen LogP contribution in [0, 0.1) is 0 Å². The fraction of sp³-hybridized carbons (Fsp3) is 0.385. The van der Waals surface area contributed by atoms with Crippen molar-refractivity contribution < 1.29 is 4.79 Å². The molecule has 1 heterocycles. The molecule has 0 spiro atoms. The maximum absolute atomic E-state index is 10.8. The number of hydrogen-bond donors (Lipinski definition) is 1. The number of aryl methyl sites for hydroxylation is 1. The molecule has 2 rings (SSSR count). The summed E-state index contributed by atoms with van der Waals surface area (Å²) in [6.45, 7) is 2.58. The molecule has 0 fully saturated rings. The molecule has 1 aromatic heterocycles. The molecule has 0 saturated carbocycles. The molecule has 1 amide bonds. The minimum Gasteiger partial charge on any atom is -0.370 e. The Kier molecular flexibility index (Phi) is 4.47. The Balaban J connectivity index is 2.37. The molecule has 6 heteroatoms. The monoisotopic (exact) mass is 343 g/mol. The first-order valence-corrected chi connectivity index (χ1v) is 7.30. The van der Waals surface area contributed by atoms with E-state index in [1.54, 1.807) is 0 Å². The van der Waals surface area contributed by atoms with Crippen molar-refractivity contribution in [2.45, 2.75) is 31.7 Å². The number of primary amides is 1. The smallest absolute Gasteiger partial charge is 0.217 e. The standard InChI is InChI=1S/C13H15BrClN3O/c1-8(15)13-17-10-7-9(14)4-5-11(10)18(13)6-2-3-12(16)19/h4-5,7-8H,2-3,6H2,1H3,(H2,16,19). The number of rotatable bonds is 5. The van der Waals surface area contributed by atoms with Crippen molar-refractivity contribution in [3.8, 4) is 0 Å². The molecule has 1 atom stereocenters. The number of alkyl halides is 1. The van der Waals surface area contributed by atoms with Crippen LogP contribution in [0.2, 0.25) is 0 Å². The molecule has 0 radical (unpaired) electrons. The Hall–Kier alpha value is -1.07. The van der Waals surface area contributed by atoms with Crippen LogP contribution < -0.4 is 5.73 Å². The summed E-state index contributed by atoms with van der Waals surface area (Å²) in [7, 11) is 0. The van der Waals surface area contributed by atoms with E-state index in [-0.39, 0.29) is 11.3 Å². The fourth-order valence-electron chi connectivity index (χ4n) is 2.07. The van der Waals surface area contributed by atoms with E-state index in [0.717, 1.165) is 21.3 Å². The maximum atomic E-state index is 10.8. The van der Waals surface area contributed by atoms with Crippen molar-refractivity contribution in [3.05, 3.63) is 28.5 Å². The molecular weight excluding hydrogens is 330 g/mol. The van der Waals surface area contributed by atoms with Crippen molar-refractivity contribution in [1.82, 2.24) is 9.55 Å². The van der Waals surface area contributed by atoms with Gasteiger partial charge in [0, 0.05) is 17.4 Å². The van der Waals surface area contributed by atoms with Crippen LogP contribution in [0.1, 0.15) is 31.0 Å². The van der Waals surface area contributed by atoms with E-state index in [2.05, 4.69) is 25.5 Å². The van der Waals surface area contributed by atoms with Gasteiger partial charge in [0.1, 0.15) is 5.82 Å². The lowest BCUT2D eigenvalue weighted by molar-refractivity contribution is -0.118. The summed E-state index contributed by atoms with van der Waals surface area (Å²) in [6, 6.07) is 5.93. The number of fused-ring (bicyclic) bond motifs is 1. The number of amides is 1. The van der Waals surface area contributed by atoms with E-state index < -0.39 is 0 Å². The highest BCUT2D eigenvalue weighted by Crippen LogP contribution is 2.27. The Morgan fingerprint density at radius 1 is 1.58 bits per heavy atom. The molecule has 102 valence electrons. The van der Waals surface area contributed by atoms with E-state index in [0.29, 0.717) is 19.4 Å².